The highest BCUT2D eigenvalue weighted by atomic mass is 35.5. The largest absolute Gasteiger partial charge is 0.396 e. The maximum atomic E-state index is 11.8. The smallest absolute Gasteiger partial charge is 0.227 e. The molecule has 1 N–H and O–H groups in total. The Morgan fingerprint density at radius 1 is 1.44 bits per heavy atom. The third-order valence-electron chi connectivity index (χ3n) is 2.88. The zero-order chi connectivity index (χ0) is 13.3. The van der Waals surface area contributed by atoms with Crippen molar-refractivity contribution < 1.29 is 9.90 Å². The summed E-state index contributed by atoms with van der Waals surface area (Å²) in [5.74, 6) is -0.220. The average molecular weight is 285 g/mol. The van der Waals surface area contributed by atoms with Crippen molar-refractivity contribution >= 4 is 34.8 Å². The highest BCUT2D eigenvalue weighted by Gasteiger charge is 2.32. The van der Waals surface area contributed by atoms with E-state index < -0.39 is 0 Å². The number of rotatable bonds is 2. The SMILES string of the molecule is N#Cc1cc(Cl)c(N2CC(CO)CC2=O)c(Cl)c1. The lowest BCUT2D eigenvalue weighted by molar-refractivity contribution is -0.117. The van der Waals surface area contributed by atoms with Crippen LogP contribution in [0, 0.1) is 17.2 Å². The van der Waals surface area contributed by atoms with Gasteiger partial charge in [-0.05, 0) is 12.1 Å². The number of hydrogen-bond acceptors (Lipinski definition) is 3. The molecule has 0 bridgehead atoms. The zero-order valence-corrected chi connectivity index (χ0v) is 10.9. The van der Waals surface area contributed by atoms with E-state index in [1.807, 2.05) is 6.07 Å². The van der Waals surface area contributed by atoms with Crippen LogP contribution in [0.3, 0.4) is 0 Å². The van der Waals surface area contributed by atoms with Crippen LogP contribution in [0.25, 0.3) is 0 Å². The summed E-state index contributed by atoms with van der Waals surface area (Å²) in [6.45, 7) is 0.342. The predicted molar refractivity (Wildman–Crippen MR) is 68.7 cm³/mol. The molecule has 1 aromatic rings. The minimum Gasteiger partial charge on any atom is -0.396 e. The van der Waals surface area contributed by atoms with E-state index >= 15 is 0 Å². The topological polar surface area (TPSA) is 64.3 Å². The number of nitriles is 1. The second-order valence-electron chi connectivity index (χ2n) is 4.16. The van der Waals surface area contributed by atoms with Gasteiger partial charge in [-0.25, -0.2) is 0 Å². The molecule has 1 aliphatic heterocycles. The minimum absolute atomic E-state index is 0.0479. The number of halogens is 2. The van der Waals surface area contributed by atoms with E-state index in [1.54, 1.807) is 0 Å². The van der Waals surface area contributed by atoms with Crippen LogP contribution in [-0.2, 0) is 4.79 Å². The number of anilines is 1. The number of hydrogen-bond donors (Lipinski definition) is 1. The van der Waals surface area contributed by atoms with Crippen LogP contribution in [0.4, 0.5) is 5.69 Å². The molecule has 2 rings (SSSR count). The van der Waals surface area contributed by atoms with Gasteiger partial charge in [-0.15, -0.1) is 0 Å². The monoisotopic (exact) mass is 284 g/mol. The van der Waals surface area contributed by atoms with Gasteiger partial charge in [-0.1, -0.05) is 23.2 Å². The lowest BCUT2D eigenvalue weighted by atomic mass is 10.1. The van der Waals surface area contributed by atoms with Crippen LogP contribution in [0.15, 0.2) is 12.1 Å². The number of aliphatic hydroxyl groups is 1. The van der Waals surface area contributed by atoms with E-state index in [2.05, 4.69) is 0 Å². The fourth-order valence-corrected chi connectivity index (χ4v) is 2.70. The Bertz CT molecular complexity index is 516. The van der Waals surface area contributed by atoms with Crippen molar-refractivity contribution in [2.45, 2.75) is 6.42 Å². The molecule has 1 aromatic carbocycles. The van der Waals surface area contributed by atoms with Crippen LogP contribution < -0.4 is 4.90 Å². The van der Waals surface area contributed by atoms with Gasteiger partial charge in [0.1, 0.15) is 0 Å². The first-order valence-corrected chi connectivity index (χ1v) is 6.12. The molecule has 1 heterocycles. The van der Waals surface area contributed by atoms with Gasteiger partial charge in [0.2, 0.25) is 5.91 Å². The van der Waals surface area contributed by atoms with Gasteiger partial charge < -0.3 is 10.0 Å². The maximum Gasteiger partial charge on any atom is 0.227 e. The molecule has 1 fully saturated rings. The third-order valence-corrected chi connectivity index (χ3v) is 3.46. The quantitative estimate of drug-likeness (QED) is 0.906. The molecule has 0 saturated carbocycles. The van der Waals surface area contributed by atoms with Gasteiger partial charge in [0.15, 0.2) is 0 Å². The van der Waals surface area contributed by atoms with Crippen molar-refractivity contribution in [3.05, 3.63) is 27.7 Å². The van der Waals surface area contributed by atoms with E-state index in [0.717, 1.165) is 0 Å². The number of benzene rings is 1. The summed E-state index contributed by atoms with van der Waals surface area (Å²) in [4.78, 5) is 13.3. The molecule has 94 valence electrons. The van der Waals surface area contributed by atoms with Crippen molar-refractivity contribution in [2.75, 3.05) is 18.1 Å². The number of nitrogens with zero attached hydrogens (tertiary/aromatic N) is 2. The Morgan fingerprint density at radius 3 is 2.50 bits per heavy atom. The van der Waals surface area contributed by atoms with Gasteiger partial charge >= 0.3 is 0 Å². The van der Waals surface area contributed by atoms with Crippen LogP contribution in [0.2, 0.25) is 10.0 Å². The number of aliphatic hydroxyl groups excluding tert-OH is 1. The maximum absolute atomic E-state index is 11.8. The van der Waals surface area contributed by atoms with Gasteiger partial charge in [0, 0.05) is 25.5 Å². The summed E-state index contributed by atoms with van der Waals surface area (Å²) in [6.07, 6.45) is 0.281. The van der Waals surface area contributed by atoms with Crippen molar-refractivity contribution in [3.63, 3.8) is 0 Å². The summed E-state index contributed by atoms with van der Waals surface area (Å²) < 4.78 is 0. The second kappa shape index (κ2) is 5.15. The van der Waals surface area contributed by atoms with Gasteiger partial charge in [-0.3, -0.25) is 4.79 Å². The van der Waals surface area contributed by atoms with Gasteiger partial charge in [0.25, 0.3) is 0 Å². The van der Waals surface area contributed by atoms with Crippen LogP contribution in [-0.4, -0.2) is 24.2 Å². The Hall–Kier alpha value is -1.28. The molecule has 1 aliphatic rings. The van der Waals surface area contributed by atoms with E-state index in [4.69, 9.17) is 33.6 Å². The van der Waals surface area contributed by atoms with E-state index in [1.165, 1.54) is 17.0 Å². The first-order chi connectivity index (χ1) is 8.56. The Labute approximate surface area is 114 Å². The Kier molecular flexibility index (Phi) is 3.76. The summed E-state index contributed by atoms with van der Waals surface area (Å²) in [5, 5.41) is 18.4. The normalized spacial score (nSPS) is 19.1. The number of carbonyl (C=O) groups is 1. The van der Waals surface area contributed by atoms with Crippen molar-refractivity contribution in [3.8, 4) is 6.07 Å². The molecule has 1 unspecified atom stereocenters. The Morgan fingerprint density at radius 2 is 2.06 bits per heavy atom. The molecule has 0 aromatic heterocycles. The molecule has 18 heavy (non-hydrogen) atoms. The first-order valence-electron chi connectivity index (χ1n) is 5.37. The molecule has 4 nitrogen and oxygen atoms in total. The summed E-state index contributed by atoms with van der Waals surface area (Å²) >= 11 is 12.1. The first kappa shape index (κ1) is 13.2. The summed E-state index contributed by atoms with van der Waals surface area (Å²) in [5.41, 5.74) is 0.761. The summed E-state index contributed by atoms with van der Waals surface area (Å²) in [6, 6.07) is 4.89. The lowest BCUT2D eigenvalue weighted by Gasteiger charge is -2.19. The molecule has 1 saturated heterocycles. The molecule has 1 atom stereocenters. The third kappa shape index (κ3) is 2.30. The van der Waals surface area contributed by atoms with Crippen LogP contribution >= 0.6 is 23.2 Å². The summed E-state index contributed by atoms with van der Waals surface area (Å²) in [7, 11) is 0. The average Bonchev–Trinajstić information content (AvgIpc) is 2.70. The predicted octanol–water partition coefficient (Wildman–Crippen LogP) is 2.21. The number of amides is 1. The zero-order valence-electron chi connectivity index (χ0n) is 9.36. The van der Waals surface area contributed by atoms with Crippen molar-refractivity contribution in [2.24, 2.45) is 5.92 Å². The molecular formula is C12H10Cl2N2O2. The van der Waals surface area contributed by atoms with E-state index in [-0.39, 0.29) is 34.9 Å². The molecule has 0 spiro atoms. The fraction of sp³-hybridized carbons (Fsp3) is 0.333. The fourth-order valence-electron chi connectivity index (χ4n) is 2.01. The lowest BCUT2D eigenvalue weighted by Crippen LogP contribution is -2.25. The highest BCUT2D eigenvalue weighted by molar-refractivity contribution is 6.40. The molecular weight excluding hydrogens is 275 g/mol. The molecule has 0 radical (unpaired) electrons. The van der Waals surface area contributed by atoms with Crippen molar-refractivity contribution in [1.29, 1.82) is 5.26 Å². The Balaban J connectivity index is 2.41. The second-order valence-corrected chi connectivity index (χ2v) is 4.97. The van der Waals surface area contributed by atoms with Gasteiger partial charge in [-0.2, -0.15) is 5.26 Å². The van der Waals surface area contributed by atoms with E-state index in [9.17, 15) is 4.79 Å². The van der Waals surface area contributed by atoms with Crippen molar-refractivity contribution in [1.82, 2.24) is 0 Å². The van der Waals surface area contributed by atoms with E-state index in [0.29, 0.717) is 17.8 Å². The molecule has 1 amide bonds. The van der Waals surface area contributed by atoms with Crippen LogP contribution in [0.5, 0.6) is 0 Å². The standard InChI is InChI=1S/C12H10Cl2N2O2/c13-9-1-7(4-15)2-10(14)12(9)16-5-8(6-17)3-11(16)18/h1-2,8,17H,3,5-6H2. The van der Waals surface area contributed by atoms with Gasteiger partial charge in [0.05, 0.1) is 27.4 Å². The van der Waals surface area contributed by atoms with Crippen LogP contribution in [0.1, 0.15) is 12.0 Å². The highest BCUT2D eigenvalue weighted by Crippen LogP contribution is 2.38. The minimum atomic E-state index is -0.123. The number of carbonyl (C=O) groups excluding carboxylic acids is 1. The molecule has 6 heteroatoms. The molecule has 0 aliphatic carbocycles.